The fourth-order valence-corrected chi connectivity index (χ4v) is 3.70. The molecule has 1 fully saturated rings. The predicted molar refractivity (Wildman–Crippen MR) is 75.6 cm³/mol. The van der Waals surface area contributed by atoms with Crippen LogP contribution in [0.15, 0.2) is 27.6 Å². The van der Waals surface area contributed by atoms with Gasteiger partial charge < -0.3 is 5.73 Å². The van der Waals surface area contributed by atoms with E-state index >= 15 is 0 Å². The van der Waals surface area contributed by atoms with E-state index in [0.29, 0.717) is 18.4 Å². The van der Waals surface area contributed by atoms with Crippen LogP contribution in [0.1, 0.15) is 13.3 Å². The molecular formula is C12H17BrN2O2S. The van der Waals surface area contributed by atoms with Crippen molar-refractivity contribution < 1.29 is 8.42 Å². The molecule has 1 aliphatic rings. The van der Waals surface area contributed by atoms with Gasteiger partial charge in [-0.2, -0.15) is 0 Å². The number of nitrogens with zero attached hydrogens (tertiary/aromatic N) is 1. The molecule has 2 unspecified atom stereocenters. The molecule has 1 aliphatic carbocycles. The van der Waals surface area contributed by atoms with Crippen molar-refractivity contribution >= 4 is 31.6 Å². The first-order valence-corrected chi connectivity index (χ1v) is 8.07. The summed E-state index contributed by atoms with van der Waals surface area (Å²) >= 11 is 3.27. The summed E-state index contributed by atoms with van der Waals surface area (Å²) in [6, 6.07) is 4.85. The van der Waals surface area contributed by atoms with Gasteiger partial charge in [0.05, 0.1) is 5.69 Å². The van der Waals surface area contributed by atoms with Crippen molar-refractivity contribution in [1.29, 1.82) is 0 Å². The van der Waals surface area contributed by atoms with Gasteiger partial charge in [-0.1, -0.05) is 22.9 Å². The Hall–Kier alpha value is -0.590. The van der Waals surface area contributed by atoms with Crippen LogP contribution in [-0.2, 0) is 10.0 Å². The van der Waals surface area contributed by atoms with Crippen molar-refractivity contribution in [3.63, 3.8) is 0 Å². The van der Waals surface area contributed by atoms with Gasteiger partial charge >= 0.3 is 0 Å². The van der Waals surface area contributed by atoms with Crippen LogP contribution in [0.25, 0.3) is 0 Å². The fraction of sp³-hybridized carbons (Fsp3) is 0.500. The maximum Gasteiger partial charge on any atom is 0.244 e. The minimum atomic E-state index is -3.48. The Labute approximate surface area is 116 Å². The number of hydrogen-bond acceptors (Lipinski definition) is 3. The van der Waals surface area contributed by atoms with E-state index in [0.717, 1.165) is 10.9 Å². The summed E-state index contributed by atoms with van der Waals surface area (Å²) in [6.07, 6.45) is 1.11. The molecule has 0 saturated heterocycles. The Kier molecular flexibility index (Phi) is 3.71. The van der Waals surface area contributed by atoms with Crippen molar-refractivity contribution in [3.8, 4) is 0 Å². The first kappa shape index (κ1) is 13.8. The van der Waals surface area contributed by atoms with Crippen LogP contribution in [0.3, 0.4) is 0 Å². The highest BCUT2D eigenvalue weighted by molar-refractivity contribution is 9.10. The lowest BCUT2D eigenvalue weighted by atomic mass is 10.3. The van der Waals surface area contributed by atoms with Crippen molar-refractivity contribution in [1.82, 2.24) is 4.31 Å². The van der Waals surface area contributed by atoms with Crippen molar-refractivity contribution in [2.75, 3.05) is 19.3 Å². The number of halogens is 1. The summed E-state index contributed by atoms with van der Waals surface area (Å²) in [5, 5.41) is 0. The second-order valence-corrected chi connectivity index (χ2v) is 7.87. The normalized spacial score (nSPS) is 23.3. The molecular weight excluding hydrogens is 316 g/mol. The molecule has 100 valence electrons. The lowest BCUT2D eigenvalue weighted by molar-refractivity contribution is 0.445. The third kappa shape index (κ3) is 2.70. The highest BCUT2D eigenvalue weighted by Gasteiger charge is 2.36. The summed E-state index contributed by atoms with van der Waals surface area (Å²) in [4.78, 5) is 0.182. The van der Waals surface area contributed by atoms with Crippen LogP contribution < -0.4 is 5.73 Å². The lowest BCUT2D eigenvalue weighted by Gasteiger charge is -2.18. The highest BCUT2D eigenvalue weighted by Crippen LogP contribution is 2.39. The second-order valence-electron chi connectivity index (χ2n) is 4.94. The second kappa shape index (κ2) is 4.83. The Morgan fingerprint density at radius 1 is 1.50 bits per heavy atom. The molecule has 0 radical (unpaired) electrons. The number of anilines is 1. The van der Waals surface area contributed by atoms with Gasteiger partial charge in [0.2, 0.25) is 10.0 Å². The molecule has 1 aromatic rings. The third-order valence-corrected chi connectivity index (χ3v) is 5.82. The number of sulfonamides is 1. The molecule has 0 aromatic heterocycles. The molecule has 2 atom stereocenters. The van der Waals surface area contributed by atoms with Gasteiger partial charge in [-0.25, -0.2) is 12.7 Å². The largest absolute Gasteiger partial charge is 0.398 e. The van der Waals surface area contributed by atoms with E-state index in [1.165, 1.54) is 4.31 Å². The molecule has 2 N–H and O–H groups in total. The van der Waals surface area contributed by atoms with E-state index in [1.54, 1.807) is 25.2 Å². The van der Waals surface area contributed by atoms with Crippen LogP contribution in [0.4, 0.5) is 5.69 Å². The minimum absolute atomic E-state index is 0.182. The van der Waals surface area contributed by atoms with Crippen LogP contribution in [0, 0.1) is 11.8 Å². The Balaban J connectivity index is 2.24. The molecule has 0 aliphatic heterocycles. The fourth-order valence-electron chi connectivity index (χ4n) is 2.00. The van der Waals surface area contributed by atoms with Gasteiger partial charge in [0.15, 0.2) is 0 Å². The van der Waals surface area contributed by atoms with Gasteiger partial charge in [0, 0.05) is 18.1 Å². The summed E-state index contributed by atoms with van der Waals surface area (Å²) in [6.45, 7) is 2.71. The summed E-state index contributed by atoms with van der Waals surface area (Å²) in [7, 11) is -1.86. The average molecular weight is 333 g/mol. The van der Waals surface area contributed by atoms with Crippen molar-refractivity contribution in [3.05, 3.63) is 22.7 Å². The monoisotopic (exact) mass is 332 g/mol. The zero-order chi connectivity index (χ0) is 13.5. The first-order chi connectivity index (χ1) is 8.32. The van der Waals surface area contributed by atoms with Gasteiger partial charge in [0.25, 0.3) is 0 Å². The zero-order valence-electron chi connectivity index (χ0n) is 10.4. The van der Waals surface area contributed by atoms with Crippen molar-refractivity contribution in [2.24, 2.45) is 11.8 Å². The molecule has 0 amide bonds. The summed E-state index contributed by atoms with van der Waals surface area (Å²) < 4.78 is 26.9. The Bertz CT molecular complexity index is 559. The van der Waals surface area contributed by atoms with Crippen LogP contribution in [0.5, 0.6) is 0 Å². The molecule has 1 saturated carbocycles. The maximum atomic E-state index is 12.4. The van der Waals surface area contributed by atoms with Gasteiger partial charge in [0.1, 0.15) is 4.90 Å². The van der Waals surface area contributed by atoms with Gasteiger partial charge in [-0.3, -0.25) is 0 Å². The number of nitrogen functional groups attached to an aromatic ring is 1. The SMILES string of the molecule is CC1CC1CN(C)S(=O)(=O)c1ccc(Br)cc1N. The zero-order valence-corrected chi connectivity index (χ0v) is 12.8. The van der Waals surface area contributed by atoms with E-state index in [9.17, 15) is 8.42 Å². The van der Waals surface area contributed by atoms with Gasteiger partial charge in [-0.05, 0) is 36.5 Å². The van der Waals surface area contributed by atoms with E-state index < -0.39 is 10.0 Å². The molecule has 6 heteroatoms. The Morgan fingerprint density at radius 3 is 2.61 bits per heavy atom. The molecule has 0 spiro atoms. The van der Waals surface area contributed by atoms with Crippen molar-refractivity contribution in [2.45, 2.75) is 18.2 Å². The smallest absolute Gasteiger partial charge is 0.244 e. The quantitative estimate of drug-likeness (QED) is 0.860. The summed E-state index contributed by atoms with van der Waals surface area (Å²) in [5.74, 6) is 1.12. The number of hydrogen-bond donors (Lipinski definition) is 1. The van der Waals surface area contributed by atoms with Crippen LogP contribution in [0.2, 0.25) is 0 Å². The third-order valence-electron chi connectivity index (χ3n) is 3.43. The molecule has 1 aromatic carbocycles. The predicted octanol–water partition coefficient (Wildman–Crippen LogP) is 2.31. The topological polar surface area (TPSA) is 63.4 Å². The molecule has 4 nitrogen and oxygen atoms in total. The van der Waals surface area contributed by atoms with E-state index in [4.69, 9.17) is 5.73 Å². The van der Waals surface area contributed by atoms with E-state index in [2.05, 4.69) is 22.9 Å². The molecule has 0 bridgehead atoms. The minimum Gasteiger partial charge on any atom is -0.398 e. The molecule has 18 heavy (non-hydrogen) atoms. The lowest BCUT2D eigenvalue weighted by Crippen LogP contribution is -2.29. The van der Waals surface area contributed by atoms with Gasteiger partial charge in [-0.15, -0.1) is 0 Å². The first-order valence-electron chi connectivity index (χ1n) is 5.83. The standard InChI is InChI=1S/C12H17BrN2O2S/c1-8-5-9(8)7-15(2)18(16,17)12-4-3-10(13)6-11(12)14/h3-4,6,8-9H,5,7,14H2,1-2H3. The number of benzene rings is 1. The number of rotatable bonds is 4. The van der Waals surface area contributed by atoms with Crippen LogP contribution in [-0.4, -0.2) is 26.3 Å². The van der Waals surface area contributed by atoms with Crippen LogP contribution >= 0.6 is 15.9 Å². The number of nitrogens with two attached hydrogens (primary N) is 1. The Morgan fingerprint density at radius 2 is 2.11 bits per heavy atom. The summed E-state index contributed by atoms with van der Waals surface area (Å²) in [5.41, 5.74) is 6.06. The molecule has 0 heterocycles. The van der Waals surface area contributed by atoms with E-state index in [1.807, 2.05) is 0 Å². The van der Waals surface area contributed by atoms with E-state index in [-0.39, 0.29) is 10.6 Å². The average Bonchev–Trinajstić information content (AvgIpc) is 2.93. The molecule has 2 rings (SSSR count). The highest BCUT2D eigenvalue weighted by atomic mass is 79.9. The maximum absolute atomic E-state index is 12.4.